The van der Waals surface area contributed by atoms with Crippen LogP contribution in [0.3, 0.4) is 0 Å². The third-order valence-corrected chi connectivity index (χ3v) is 3.73. The second-order valence-corrected chi connectivity index (χ2v) is 5.04. The van der Waals surface area contributed by atoms with E-state index < -0.39 is 11.8 Å². The average molecular weight is 304 g/mol. The molecule has 1 aliphatic heterocycles. The number of anilines is 3. The van der Waals surface area contributed by atoms with E-state index in [0.717, 1.165) is 12.6 Å². The lowest BCUT2D eigenvalue weighted by atomic mass is 10.1. The standard InChI is InChI=1S/C15H18FN5O/c1-22-15-10(7-9(16)8-20-15)11-3-2-6-21(11)12-4-5-19-14(18)13(12)17/h4-5,7-8,11H,2-3,6,17H2,1H3,(H2,18,19)/i11D. The molecule has 0 aliphatic carbocycles. The normalized spacial score (nSPS) is 21.7. The van der Waals surface area contributed by atoms with Gasteiger partial charge in [-0.1, -0.05) is 0 Å². The summed E-state index contributed by atoms with van der Waals surface area (Å²) in [6.45, 7) is 0.594. The number of halogens is 1. The second-order valence-electron chi connectivity index (χ2n) is 5.04. The number of nitrogen functional groups attached to an aromatic ring is 2. The molecule has 0 saturated carbocycles. The second kappa shape index (κ2) is 5.67. The third-order valence-electron chi connectivity index (χ3n) is 3.73. The average Bonchev–Trinajstić information content (AvgIpc) is 2.93. The molecular formula is C15H18FN5O. The molecule has 2 aromatic heterocycles. The van der Waals surface area contributed by atoms with Crippen molar-refractivity contribution in [2.24, 2.45) is 0 Å². The Morgan fingerprint density at radius 1 is 1.45 bits per heavy atom. The molecular weight excluding hydrogens is 285 g/mol. The Balaban J connectivity index is 2.13. The molecule has 6 nitrogen and oxygen atoms in total. The van der Waals surface area contributed by atoms with Crippen LogP contribution in [-0.2, 0) is 0 Å². The molecule has 22 heavy (non-hydrogen) atoms. The predicted molar refractivity (Wildman–Crippen MR) is 83.1 cm³/mol. The third kappa shape index (κ3) is 2.38. The highest BCUT2D eigenvalue weighted by Gasteiger charge is 2.31. The van der Waals surface area contributed by atoms with Crippen molar-refractivity contribution in [3.05, 3.63) is 35.9 Å². The van der Waals surface area contributed by atoms with Crippen molar-refractivity contribution in [1.29, 1.82) is 0 Å². The molecule has 2 aromatic rings. The fraction of sp³-hybridized carbons (Fsp3) is 0.333. The van der Waals surface area contributed by atoms with Crippen molar-refractivity contribution in [1.82, 2.24) is 9.97 Å². The number of pyridine rings is 2. The van der Waals surface area contributed by atoms with Crippen molar-refractivity contribution in [3.63, 3.8) is 0 Å². The number of ether oxygens (including phenoxy) is 1. The van der Waals surface area contributed by atoms with Crippen LogP contribution < -0.4 is 21.1 Å². The summed E-state index contributed by atoms with van der Waals surface area (Å²) in [6, 6.07) is 1.76. The van der Waals surface area contributed by atoms with E-state index in [0.29, 0.717) is 29.9 Å². The molecule has 1 aliphatic rings. The monoisotopic (exact) mass is 304 g/mol. The summed E-state index contributed by atoms with van der Waals surface area (Å²) in [4.78, 5) is 9.68. The Morgan fingerprint density at radius 2 is 2.27 bits per heavy atom. The van der Waals surface area contributed by atoms with E-state index >= 15 is 0 Å². The number of aromatic nitrogens is 2. The molecule has 0 aromatic carbocycles. The zero-order valence-electron chi connectivity index (χ0n) is 13.2. The first-order valence-corrected chi connectivity index (χ1v) is 6.95. The number of hydrogen-bond donors (Lipinski definition) is 2. The molecule has 1 fully saturated rings. The smallest absolute Gasteiger partial charge is 0.218 e. The van der Waals surface area contributed by atoms with Gasteiger partial charge in [0, 0.05) is 18.3 Å². The van der Waals surface area contributed by atoms with Gasteiger partial charge < -0.3 is 21.1 Å². The van der Waals surface area contributed by atoms with E-state index in [9.17, 15) is 4.39 Å². The lowest BCUT2D eigenvalue weighted by molar-refractivity contribution is 0.386. The van der Waals surface area contributed by atoms with Crippen LogP contribution >= 0.6 is 0 Å². The van der Waals surface area contributed by atoms with Gasteiger partial charge in [-0.25, -0.2) is 14.4 Å². The summed E-state index contributed by atoms with van der Waals surface area (Å²) < 4.78 is 27.9. The number of hydrogen-bond acceptors (Lipinski definition) is 6. The quantitative estimate of drug-likeness (QED) is 0.903. The lowest BCUT2D eigenvalue weighted by Crippen LogP contribution is -2.24. The van der Waals surface area contributed by atoms with Gasteiger partial charge in [-0.15, -0.1) is 0 Å². The minimum atomic E-state index is -1.23. The maximum atomic E-state index is 13.7. The van der Waals surface area contributed by atoms with E-state index in [2.05, 4.69) is 9.97 Å². The zero-order valence-corrected chi connectivity index (χ0v) is 12.2. The Kier molecular flexibility index (Phi) is 3.38. The van der Waals surface area contributed by atoms with Crippen LogP contribution in [-0.4, -0.2) is 23.6 Å². The fourth-order valence-corrected chi connectivity index (χ4v) is 2.73. The lowest BCUT2D eigenvalue weighted by Gasteiger charge is -2.29. The van der Waals surface area contributed by atoms with Gasteiger partial charge in [-0.05, 0) is 25.0 Å². The molecule has 0 spiro atoms. The fourth-order valence-electron chi connectivity index (χ4n) is 2.73. The summed E-state index contributed by atoms with van der Waals surface area (Å²) in [6.07, 6.45) is 3.87. The Bertz CT molecular complexity index is 744. The molecule has 1 saturated heterocycles. The first-order valence-electron chi connectivity index (χ1n) is 7.45. The Labute approximate surface area is 129 Å². The molecule has 0 amide bonds. The molecule has 1 atom stereocenters. The summed E-state index contributed by atoms with van der Waals surface area (Å²) >= 11 is 0. The SMILES string of the molecule is [2H]C1(c2cc(F)cnc2OC)CCCN1c1ccnc(N)c1N. The van der Waals surface area contributed by atoms with Crippen molar-refractivity contribution in [2.75, 3.05) is 30.0 Å². The summed E-state index contributed by atoms with van der Waals surface area (Å²) in [7, 11) is 1.45. The maximum absolute atomic E-state index is 13.7. The van der Waals surface area contributed by atoms with Crippen LogP contribution in [0.25, 0.3) is 0 Å². The summed E-state index contributed by atoms with van der Waals surface area (Å²) in [5.74, 6) is -0.0727. The van der Waals surface area contributed by atoms with Gasteiger partial charge >= 0.3 is 0 Å². The molecule has 116 valence electrons. The van der Waals surface area contributed by atoms with Crippen molar-refractivity contribution in [3.8, 4) is 5.88 Å². The van der Waals surface area contributed by atoms with Gasteiger partial charge in [0.15, 0.2) is 0 Å². The number of nitrogens with zero attached hydrogens (tertiary/aromatic N) is 3. The maximum Gasteiger partial charge on any atom is 0.218 e. The summed E-state index contributed by atoms with van der Waals surface area (Å²) in [5, 5.41) is 0. The number of nitrogens with two attached hydrogens (primary N) is 2. The topological polar surface area (TPSA) is 90.3 Å². The highest BCUT2D eigenvalue weighted by molar-refractivity contribution is 5.77. The molecule has 3 rings (SSSR count). The van der Waals surface area contributed by atoms with Crippen molar-refractivity contribution >= 4 is 17.2 Å². The zero-order chi connectivity index (χ0) is 16.6. The molecule has 3 heterocycles. The Morgan fingerprint density at radius 3 is 3.05 bits per heavy atom. The predicted octanol–water partition coefficient (Wildman–Crippen LogP) is 2.13. The number of rotatable bonds is 3. The summed E-state index contributed by atoms with van der Waals surface area (Å²) in [5.41, 5.74) is 13.1. The van der Waals surface area contributed by atoms with Crippen molar-refractivity contribution < 1.29 is 10.5 Å². The van der Waals surface area contributed by atoms with Gasteiger partial charge in [0.05, 0.1) is 32.1 Å². The first kappa shape index (κ1) is 13.1. The first-order chi connectivity index (χ1) is 11.0. The van der Waals surface area contributed by atoms with E-state index in [1.807, 2.05) is 0 Å². The van der Waals surface area contributed by atoms with Gasteiger partial charge in [-0.3, -0.25) is 0 Å². The van der Waals surface area contributed by atoms with Gasteiger partial charge in [0.25, 0.3) is 0 Å². The van der Waals surface area contributed by atoms with E-state index in [1.54, 1.807) is 17.2 Å². The van der Waals surface area contributed by atoms with Gasteiger partial charge in [0.2, 0.25) is 5.88 Å². The molecule has 0 radical (unpaired) electrons. The molecule has 1 unspecified atom stereocenters. The minimum Gasteiger partial charge on any atom is -0.481 e. The van der Waals surface area contributed by atoms with Crippen LogP contribution in [0.4, 0.5) is 21.6 Å². The molecule has 4 N–H and O–H groups in total. The van der Waals surface area contributed by atoms with Crippen LogP contribution in [0.2, 0.25) is 0 Å². The van der Waals surface area contributed by atoms with Crippen LogP contribution in [0.15, 0.2) is 24.5 Å². The van der Waals surface area contributed by atoms with Crippen LogP contribution in [0.1, 0.15) is 25.8 Å². The highest BCUT2D eigenvalue weighted by atomic mass is 19.1. The minimum absolute atomic E-state index is 0.209. The number of methoxy groups -OCH3 is 1. The van der Waals surface area contributed by atoms with Gasteiger partial charge in [-0.2, -0.15) is 0 Å². The van der Waals surface area contributed by atoms with Gasteiger partial charge in [0.1, 0.15) is 11.6 Å². The van der Waals surface area contributed by atoms with E-state index in [-0.39, 0.29) is 11.7 Å². The van der Waals surface area contributed by atoms with E-state index in [4.69, 9.17) is 17.6 Å². The van der Waals surface area contributed by atoms with E-state index in [1.165, 1.54) is 13.2 Å². The van der Waals surface area contributed by atoms with Crippen molar-refractivity contribution in [2.45, 2.75) is 18.9 Å². The van der Waals surface area contributed by atoms with Crippen LogP contribution in [0.5, 0.6) is 5.88 Å². The largest absolute Gasteiger partial charge is 0.481 e. The molecule has 7 heteroatoms. The van der Waals surface area contributed by atoms with Crippen LogP contribution in [0, 0.1) is 5.82 Å². The highest BCUT2D eigenvalue weighted by Crippen LogP contribution is 2.41. The molecule has 0 bridgehead atoms. The Hall–Kier alpha value is -2.57.